The Kier molecular flexibility index (Phi) is 5.08. The molecule has 0 radical (unpaired) electrons. The molecule has 1 aliphatic heterocycles. The summed E-state index contributed by atoms with van der Waals surface area (Å²) in [5.41, 5.74) is 1.86. The van der Waals surface area contributed by atoms with Crippen molar-refractivity contribution in [2.45, 2.75) is 19.3 Å². The highest BCUT2D eigenvalue weighted by Crippen LogP contribution is 2.14. The van der Waals surface area contributed by atoms with Crippen LogP contribution < -0.4 is 5.32 Å². The van der Waals surface area contributed by atoms with E-state index >= 15 is 0 Å². The van der Waals surface area contributed by atoms with Gasteiger partial charge in [-0.25, -0.2) is 8.78 Å². The summed E-state index contributed by atoms with van der Waals surface area (Å²) in [5.74, 6) is 0. The summed E-state index contributed by atoms with van der Waals surface area (Å²) in [4.78, 5) is 2.38. The summed E-state index contributed by atoms with van der Waals surface area (Å²) in [5, 5.41) is 3.31. The third kappa shape index (κ3) is 4.03. The molecule has 1 aromatic rings. The summed E-state index contributed by atoms with van der Waals surface area (Å²) < 4.78 is 25.0. The first kappa shape index (κ1) is 13.4. The van der Waals surface area contributed by atoms with Crippen LogP contribution in [0.4, 0.5) is 8.78 Å². The van der Waals surface area contributed by atoms with E-state index in [1.807, 2.05) is 24.3 Å². The van der Waals surface area contributed by atoms with Gasteiger partial charge >= 0.3 is 0 Å². The molecule has 1 aliphatic rings. The minimum atomic E-state index is -2.26. The van der Waals surface area contributed by atoms with E-state index in [1.54, 1.807) is 0 Å². The van der Waals surface area contributed by atoms with Crippen molar-refractivity contribution >= 4 is 0 Å². The van der Waals surface area contributed by atoms with Gasteiger partial charge in [0, 0.05) is 39.1 Å². The molecule has 0 amide bonds. The molecule has 2 nitrogen and oxygen atoms in total. The van der Waals surface area contributed by atoms with Gasteiger partial charge in [0.1, 0.15) is 0 Å². The van der Waals surface area contributed by atoms with Gasteiger partial charge in [0.2, 0.25) is 6.43 Å². The second kappa shape index (κ2) is 6.81. The highest BCUT2D eigenvalue weighted by Gasteiger charge is 2.12. The largest absolute Gasteiger partial charge is 0.314 e. The lowest BCUT2D eigenvalue weighted by Gasteiger charge is -2.27. The van der Waals surface area contributed by atoms with E-state index in [-0.39, 0.29) is 6.42 Å². The quantitative estimate of drug-likeness (QED) is 0.864. The molecule has 0 atom stereocenters. The van der Waals surface area contributed by atoms with E-state index in [4.69, 9.17) is 0 Å². The number of halogens is 2. The first-order valence-electron chi connectivity index (χ1n) is 6.53. The molecule has 1 fully saturated rings. The minimum Gasteiger partial charge on any atom is -0.314 e. The van der Waals surface area contributed by atoms with Gasteiger partial charge < -0.3 is 10.2 Å². The number of hydrogen-bond donors (Lipinski definition) is 1. The fraction of sp³-hybridized carbons (Fsp3) is 0.571. The third-order valence-electron chi connectivity index (χ3n) is 3.40. The van der Waals surface area contributed by atoms with E-state index in [1.165, 1.54) is 0 Å². The lowest BCUT2D eigenvalue weighted by Crippen LogP contribution is -2.44. The summed E-state index contributed by atoms with van der Waals surface area (Å²) >= 11 is 0. The Morgan fingerprint density at radius 3 is 2.44 bits per heavy atom. The van der Waals surface area contributed by atoms with Crippen molar-refractivity contribution in [2.75, 3.05) is 32.7 Å². The summed E-state index contributed by atoms with van der Waals surface area (Å²) in [6.07, 6.45) is -1.52. The number of rotatable bonds is 5. The predicted molar refractivity (Wildman–Crippen MR) is 69.2 cm³/mol. The van der Waals surface area contributed by atoms with Crippen LogP contribution in [-0.2, 0) is 12.8 Å². The van der Waals surface area contributed by atoms with Crippen molar-refractivity contribution < 1.29 is 8.78 Å². The molecule has 1 heterocycles. The van der Waals surface area contributed by atoms with Crippen LogP contribution in [0.5, 0.6) is 0 Å². The summed E-state index contributed by atoms with van der Waals surface area (Å²) in [7, 11) is 0. The van der Waals surface area contributed by atoms with Crippen molar-refractivity contribution in [1.82, 2.24) is 10.2 Å². The average Bonchev–Trinajstić information content (AvgIpc) is 2.38. The number of nitrogens with one attached hydrogen (secondary N) is 1. The smallest absolute Gasteiger partial charge is 0.242 e. The fourth-order valence-electron chi connectivity index (χ4n) is 2.38. The maximum absolute atomic E-state index is 12.5. The lowest BCUT2D eigenvalue weighted by atomic mass is 10.0. The Labute approximate surface area is 107 Å². The van der Waals surface area contributed by atoms with E-state index in [9.17, 15) is 8.78 Å². The monoisotopic (exact) mass is 254 g/mol. The van der Waals surface area contributed by atoms with Crippen LogP contribution in [0.2, 0.25) is 0 Å². The molecule has 0 bridgehead atoms. The topological polar surface area (TPSA) is 15.3 Å². The zero-order chi connectivity index (χ0) is 12.8. The van der Waals surface area contributed by atoms with E-state index in [0.29, 0.717) is 0 Å². The standard InChI is InChI=1S/C14H20F2N2/c15-14(16)11-13-4-2-1-3-12(13)5-8-18-9-6-17-7-10-18/h1-4,14,17H,5-11H2. The fourth-order valence-corrected chi connectivity index (χ4v) is 2.38. The normalized spacial score (nSPS) is 17.3. The van der Waals surface area contributed by atoms with Crippen LogP contribution in [-0.4, -0.2) is 44.0 Å². The highest BCUT2D eigenvalue weighted by atomic mass is 19.3. The molecule has 0 aliphatic carbocycles. The van der Waals surface area contributed by atoms with Crippen molar-refractivity contribution in [2.24, 2.45) is 0 Å². The van der Waals surface area contributed by atoms with Crippen molar-refractivity contribution in [3.8, 4) is 0 Å². The average molecular weight is 254 g/mol. The Morgan fingerprint density at radius 1 is 1.11 bits per heavy atom. The number of benzene rings is 1. The Morgan fingerprint density at radius 2 is 1.78 bits per heavy atom. The zero-order valence-corrected chi connectivity index (χ0v) is 10.5. The molecular weight excluding hydrogens is 234 g/mol. The maximum atomic E-state index is 12.5. The predicted octanol–water partition coefficient (Wildman–Crippen LogP) is 1.94. The van der Waals surface area contributed by atoms with Crippen LogP contribution >= 0.6 is 0 Å². The third-order valence-corrected chi connectivity index (χ3v) is 3.40. The van der Waals surface area contributed by atoms with Gasteiger partial charge in [0.15, 0.2) is 0 Å². The van der Waals surface area contributed by atoms with Crippen LogP contribution in [0.3, 0.4) is 0 Å². The van der Waals surface area contributed by atoms with Gasteiger partial charge in [-0.15, -0.1) is 0 Å². The van der Waals surface area contributed by atoms with Crippen molar-refractivity contribution in [3.05, 3.63) is 35.4 Å². The number of hydrogen-bond acceptors (Lipinski definition) is 2. The molecule has 1 aromatic carbocycles. The SMILES string of the molecule is FC(F)Cc1ccccc1CCN1CCNCC1. The molecule has 1 saturated heterocycles. The zero-order valence-electron chi connectivity index (χ0n) is 10.5. The molecule has 0 aromatic heterocycles. The van der Waals surface area contributed by atoms with Gasteiger partial charge in [0.05, 0.1) is 0 Å². The Hall–Kier alpha value is -1.00. The lowest BCUT2D eigenvalue weighted by molar-refractivity contribution is 0.148. The van der Waals surface area contributed by atoms with Gasteiger partial charge in [-0.2, -0.15) is 0 Å². The molecule has 1 N–H and O–H groups in total. The molecule has 0 saturated carbocycles. The van der Waals surface area contributed by atoms with E-state index < -0.39 is 6.43 Å². The first-order chi connectivity index (χ1) is 8.75. The van der Waals surface area contributed by atoms with Crippen molar-refractivity contribution in [1.29, 1.82) is 0 Å². The van der Waals surface area contributed by atoms with E-state index in [0.717, 1.165) is 50.3 Å². The Balaban J connectivity index is 1.91. The number of nitrogens with zero attached hydrogens (tertiary/aromatic N) is 1. The first-order valence-corrected chi connectivity index (χ1v) is 6.53. The number of alkyl halides is 2. The van der Waals surface area contributed by atoms with Gasteiger partial charge in [0.25, 0.3) is 0 Å². The molecule has 4 heteroatoms. The molecular formula is C14H20F2N2. The van der Waals surface area contributed by atoms with E-state index in [2.05, 4.69) is 10.2 Å². The van der Waals surface area contributed by atoms with Crippen molar-refractivity contribution in [3.63, 3.8) is 0 Å². The maximum Gasteiger partial charge on any atom is 0.242 e. The van der Waals surface area contributed by atoms with Crippen LogP contribution in [0.15, 0.2) is 24.3 Å². The highest BCUT2D eigenvalue weighted by molar-refractivity contribution is 5.27. The second-order valence-electron chi connectivity index (χ2n) is 4.71. The van der Waals surface area contributed by atoms with Crippen LogP contribution in [0.25, 0.3) is 0 Å². The van der Waals surface area contributed by atoms with Gasteiger partial charge in [-0.05, 0) is 17.5 Å². The summed E-state index contributed by atoms with van der Waals surface area (Å²) in [6, 6.07) is 7.56. The Bertz CT molecular complexity index is 363. The van der Waals surface area contributed by atoms with Crippen LogP contribution in [0.1, 0.15) is 11.1 Å². The van der Waals surface area contributed by atoms with Crippen LogP contribution in [0, 0.1) is 0 Å². The van der Waals surface area contributed by atoms with Gasteiger partial charge in [-0.3, -0.25) is 0 Å². The molecule has 2 rings (SSSR count). The minimum absolute atomic E-state index is 0.127. The summed E-state index contributed by atoms with van der Waals surface area (Å²) in [6.45, 7) is 5.12. The number of piperazine rings is 1. The molecule has 18 heavy (non-hydrogen) atoms. The second-order valence-corrected chi connectivity index (χ2v) is 4.71. The molecule has 0 unspecified atom stereocenters. The molecule has 0 spiro atoms. The molecule has 100 valence electrons. The van der Waals surface area contributed by atoms with Gasteiger partial charge in [-0.1, -0.05) is 24.3 Å².